The van der Waals surface area contributed by atoms with Crippen LogP contribution in [0.1, 0.15) is 23.2 Å². The number of amides is 1. The molecule has 5 heteroatoms. The number of hydrogen-bond acceptors (Lipinski definition) is 3. The average Bonchev–Trinajstić information content (AvgIpc) is 2.86. The number of H-pyrrole nitrogens is 1. The number of aliphatic hydroxyl groups excluding tert-OH is 1. The molecule has 1 fully saturated rings. The quantitative estimate of drug-likeness (QED) is 0.792. The number of carbonyl (C=O) groups excluding carboxylic acids is 1. The molecule has 1 aliphatic heterocycles. The summed E-state index contributed by atoms with van der Waals surface area (Å²) in [5.74, 6) is 0.0263. The fourth-order valence-corrected chi connectivity index (χ4v) is 2.32. The Labute approximate surface area is 104 Å². The molecule has 0 saturated carbocycles. The maximum Gasteiger partial charge on any atom is 0.253 e. The van der Waals surface area contributed by atoms with Gasteiger partial charge in [0.15, 0.2) is 0 Å². The van der Waals surface area contributed by atoms with Gasteiger partial charge in [-0.1, -0.05) is 0 Å². The molecule has 2 aromatic rings. The largest absolute Gasteiger partial charge is 0.393 e. The minimum atomic E-state index is -0.260. The molecule has 1 saturated heterocycles. The first-order valence-electron chi connectivity index (χ1n) is 6.14. The first-order valence-corrected chi connectivity index (χ1v) is 6.14. The van der Waals surface area contributed by atoms with Crippen LogP contribution in [-0.4, -0.2) is 45.1 Å². The Hall–Kier alpha value is -1.88. The minimum absolute atomic E-state index is 0.0263. The monoisotopic (exact) mass is 245 g/mol. The number of likely N-dealkylation sites (tertiary alicyclic amines) is 1. The Morgan fingerprint density at radius 2 is 2.17 bits per heavy atom. The maximum absolute atomic E-state index is 12.3. The van der Waals surface area contributed by atoms with Crippen molar-refractivity contribution in [2.45, 2.75) is 18.9 Å². The first kappa shape index (κ1) is 11.2. The predicted octanol–water partition coefficient (Wildman–Crippen LogP) is 1.16. The van der Waals surface area contributed by atoms with E-state index in [9.17, 15) is 9.90 Å². The number of aromatic amines is 1. The van der Waals surface area contributed by atoms with Crippen LogP contribution in [0.15, 0.2) is 24.5 Å². The standard InChI is InChI=1S/C13H15N3O2/c17-10-3-5-16(6-4-10)13(18)9-1-2-11-12(7-9)15-8-14-11/h1-2,7-8,10,17H,3-6H2,(H,14,15). The van der Waals surface area contributed by atoms with Crippen LogP contribution in [0.25, 0.3) is 11.0 Å². The lowest BCUT2D eigenvalue weighted by Crippen LogP contribution is -2.40. The first-order chi connectivity index (χ1) is 8.74. The van der Waals surface area contributed by atoms with Crippen molar-refractivity contribution < 1.29 is 9.90 Å². The van der Waals surface area contributed by atoms with Gasteiger partial charge in [0.05, 0.1) is 23.5 Å². The molecule has 94 valence electrons. The maximum atomic E-state index is 12.3. The van der Waals surface area contributed by atoms with E-state index in [1.54, 1.807) is 17.3 Å². The molecule has 2 heterocycles. The highest BCUT2D eigenvalue weighted by molar-refractivity contribution is 5.97. The average molecular weight is 245 g/mol. The highest BCUT2D eigenvalue weighted by atomic mass is 16.3. The Balaban J connectivity index is 1.82. The lowest BCUT2D eigenvalue weighted by atomic mass is 10.1. The van der Waals surface area contributed by atoms with Crippen LogP contribution in [-0.2, 0) is 0 Å². The molecular formula is C13H15N3O2. The molecule has 18 heavy (non-hydrogen) atoms. The van der Waals surface area contributed by atoms with Crippen molar-refractivity contribution in [3.8, 4) is 0 Å². The number of benzene rings is 1. The number of aliphatic hydroxyl groups is 1. The highest BCUT2D eigenvalue weighted by Crippen LogP contribution is 2.16. The number of aromatic nitrogens is 2. The Bertz CT molecular complexity index is 570. The number of fused-ring (bicyclic) bond motifs is 1. The molecule has 3 rings (SSSR count). The molecule has 1 aromatic carbocycles. The van der Waals surface area contributed by atoms with Crippen molar-refractivity contribution in [3.05, 3.63) is 30.1 Å². The van der Waals surface area contributed by atoms with Gasteiger partial charge in [0.25, 0.3) is 5.91 Å². The summed E-state index contributed by atoms with van der Waals surface area (Å²) < 4.78 is 0. The zero-order valence-electron chi connectivity index (χ0n) is 9.97. The van der Waals surface area contributed by atoms with E-state index >= 15 is 0 Å². The molecule has 0 aliphatic carbocycles. The highest BCUT2D eigenvalue weighted by Gasteiger charge is 2.22. The van der Waals surface area contributed by atoms with Crippen LogP contribution in [0.4, 0.5) is 0 Å². The van der Waals surface area contributed by atoms with Gasteiger partial charge in [-0.3, -0.25) is 4.79 Å². The third-order valence-corrected chi connectivity index (χ3v) is 3.42. The minimum Gasteiger partial charge on any atom is -0.393 e. The summed E-state index contributed by atoms with van der Waals surface area (Å²) in [6, 6.07) is 5.48. The second-order valence-electron chi connectivity index (χ2n) is 4.66. The molecule has 0 atom stereocenters. The van der Waals surface area contributed by atoms with Gasteiger partial charge in [0, 0.05) is 18.7 Å². The normalized spacial score (nSPS) is 17.3. The SMILES string of the molecule is O=C(c1ccc2nc[nH]c2c1)N1CCC(O)CC1. The van der Waals surface area contributed by atoms with Gasteiger partial charge >= 0.3 is 0 Å². The van der Waals surface area contributed by atoms with Crippen molar-refractivity contribution >= 4 is 16.9 Å². The number of hydrogen-bond donors (Lipinski definition) is 2. The van der Waals surface area contributed by atoms with Crippen molar-refractivity contribution in [1.29, 1.82) is 0 Å². The van der Waals surface area contributed by atoms with E-state index in [0.717, 1.165) is 11.0 Å². The summed E-state index contributed by atoms with van der Waals surface area (Å²) in [5.41, 5.74) is 2.40. The second kappa shape index (κ2) is 4.42. The van der Waals surface area contributed by atoms with Crippen molar-refractivity contribution in [1.82, 2.24) is 14.9 Å². The van der Waals surface area contributed by atoms with Crippen LogP contribution < -0.4 is 0 Å². The number of nitrogens with one attached hydrogen (secondary N) is 1. The molecule has 2 N–H and O–H groups in total. The fraction of sp³-hybridized carbons (Fsp3) is 0.385. The second-order valence-corrected chi connectivity index (χ2v) is 4.66. The third kappa shape index (κ3) is 1.97. The van der Waals surface area contributed by atoms with E-state index in [0.29, 0.717) is 31.5 Å². The van der Waals surface area contributed by atoms with Crippen LogP contribution >= 0.6 is 0 Å². The van der Waals surface area contributed by atoms with E-state index in [1.165, 1.54) is 0 Å². The van der Waals surface area contributed by atoms with Gasteiger partial charge < -0.3 is 15.0 Å². The van der Waals surface area contributed by atoms with Gasteiger partial charge in [-0.05, 0) is 31.0 Å². The van der Waals surface area contributed by atoms with Gasteiger partial charge in [-0.25, -0.2) is 4.98 Å². The molecule has 1 aliphatic rings. The summed E-state index contributed by atoms with van der Waals surface area (Å²) in [4.78, 5) is 21.2. The summed E-state index contributed by atoms with van der Waals surface area (Å²) in [5, 5.41) is 9.44. The van der Waals surface area contributed by atoms with E-state index in [4.69, 9.17) is 0 Å². The molecule has 5 nitrogen and oxygen atoms in total. The number of nitrogens with zero attached hydrogens (tertiary/aromatic N) is 2. The zero-order chi connectivity index (χ0) is 12.5. The van der Waals surface area contributed by atoms with Gasteiger partial charge in [0.2, 0.25) is 0 Å². The summed E-state index contributed by atoms with van der Waals surface area (Å²) >= 11 is 0. The van der Waals surface area contributed by atoms with Gasteiger partial charge in [0.1, 0.15) is 0 Å². The van der Waals surface area contributed by atoms with Crippen LogP contribution in [0.3, 0.4) is 0 Å². The Morgan fingerprint density at radius 1 is 1.39 bits per heavy atom. The molecule has 0 radical (unpaired) electrons. The van der Waals surface area contributed by atoms with Crippen LogP contribution in [0, 0.1) is 0 Å². The lowest BCUT2D eigenvalue weighted by Gasteiger charge is -2.29. The number of carbonyl (C=O) groups is 1. The van der Waals surface area contributed by atoms with E-state index in [1.807, 2.05) is 12.1 Å². The molecule has 0 bridgehead atoms. The summed E-state index contributed by atoms with van der Waals surface area (Å²) in [6.45, 7) is 1.25. The van der Waals surface area contributed by atoms with Crippen LogP contribution in [0.2, 0.25) is 0 Å². The zero-order valence-corrected chi connectivity index (χ0v) is 9.97. The molecule has 1 amide bonds. The molecule has 0 unspecified atom stereocenters. The van der Waals surface area contributed by atoms with Crippen molar-refractivity contribution in [2.75, 3.05) is 13.1 Å². The number of imidazole rings is 1. The number of rotatable bonds is 1. The van der Waals surface area contributed by atoms with E-state index < -0.39 is 0 Å². The topological polar surface area (TPSA) is 69.2 Å². The predicted molar refractivity (Wildman–Crippen MR) is 67.2 cm³/mol. The Kier molecular flexibility index (Phi) is 2.76. The van der Waals surface area contributed by atoms with Crippen molar-refractivity contribution in [3.63, 3.8) is 0 Å². The molecule has 1 aromatic heterocycles. The van der Waals surface area contributed by atoms with E-state index in [-0.39, 0.29) is 12.0 Å². The van der Waals surface area contributed by atoms with E-state index in [2.05, 4.69) is 9.97 Å². The lowest BCUT2D eigenvalue weighted by molar-refractivity contribution is 0.0546. The smallest absolute Gasteiger partial charge is 0.253 e. The summed E-state index contributed by atoms with van der Waals surface area (Å²) in [7, 11) is 0. The van der Waals surface area contributed by atoms with Gasteiger partial charge in [-0.2, -0.15) is 0 Å². The van der Waals surface area contributed by atoms with Gasteiger partial charge in [-0.15, -0.1) is 0 Å². The number of piperidine rings is 1. The van der Waals surface area contributed by atoms with Crippen LogP contribution in [0.5, 0.6) is 0 Å². The fourth-order valence-electron chi connectivity index (χ4n) is 2.32. The third-order valence-electron chi connectivity index (χ3n) is 3.42. The summed E-state index contributed by atoms with van der Waals surface area (Å²) in [6.07, 6.45) is 2.69. The molecule has 0 spiro atoms. The van der Waals surface area contributed by atoms with Crippen molar-refractivity contribution in [2.24, 2.45) is 0 Å². The Morgan fingerprint density at radius 3 is 2.94 bits per heavy atom. The molecular weight excluding hydrogens is 230 g/mol.